The van der Waals surface area contributed by atoms with Gasteiger partial charge in [-0.05, 0) is 0 Å². The molecule has 1 amide bonds. The molecule has 0 aliphatic carbocycles. The maximum Gasteiger partial charge on any atom is 0.254 e. The van der Waals surface area contributed by atoms with E-state index >= 15 is 0 Å². The van der Waals surface area contributed by atoms with Gasteiger partial charge < -0.3 is 15.7 Å². The van der Waals surface area contributed by atoms with Gasteiger partial charge in [-0.15, -0.1) is 0 Å². The van der Waals surface area contributed by atoms with Crippen molar-refractivity contribution in [2.24, 2.45) is 5.73 Å². The van der Waals surface area contributed by atoms with E-state index in [1.54, 1.807) is 4.90 Å². The summed E-state index contributed by atoms with van der Waals surface area (Å²) in [4.78, 5) is 29.5. The number of hydrogen-bond acceptors (Lipinski definition) is 5. The molecule has 7 nitrogen and oxygen atoms in total. The number of carbonyl (C=O) groups is 1. The van der Waals surface area contributed by atoms with Gasteiger partial charge in [0.05, 0.1) is 5.56 Å². The van der Waals surface area contributed by atoms with Crippen LogP contribution in [0.15, 0.2) is 16.9 Å². The van der Waals surface area contributed by atoms with Crippen molar-refractivity contribution in [3.63, 3.8) is 0 Å². The SMILES string of the molecule is NCCN1CCN(C(=O)c2cc(O)[nH]c(=O)c2)CC1. The Morgan fingerprint density at radius 3 is 2.58 bits per heavy atom. The number of amides is 1. The van der Waals surface area contributed by atoms with Crippen LogP contribution in [0.1, 0.15) is 10.4 Å². The number of nitrogens with two attached hydrogens (primary N) is 1. The summed E-state index contributed by atoms with van der Waals surface area (Å²) >= 11 is 0. The minimum Gasteiger partial charge on any atom is -0.494 e. The summed E-state index contributed by atoms with van der Waals surface area (Å²) in [5, 5.41) is 9.30. The zero-order chi connectivity index (χ0) is 13.8. The van der Waals surface area contributed by atoms with Crippen LogP contribution in [0.5, 0.6) is 5.88 Å². The predicted octanol–water partition coefficient (Wildman–Crippen LogP) is -1.20. The Kier molecular flexibility index (Phi) is 4.18. The molecule has 19 heavy (non-hydrogen) atoms. The van der Waals surface area contributed by atoms with Gasteiger partial charge in [0.25, 0.3) is 11.5 Å². The largest absolute Gasteiger partial charge is 0.494 e. The van der Waals surface area contributed by atoms with Crippen molar-refractivity contribution in [2.45, 2.75) is 0 Å². The van der Waals surface area contributed by atoms with Gasteiger partial charge in [-0.1, -0.05) is 0 Å². The molecule has 2 rings (SSSR count). The molecule has 0 spiro atoms. The second kappa shape index (κ2) is 5.85. The third kappa shape index (κ3) is 3.33. The van der Waals surface area contributed by atoms with Crippen molar-refractivity contribution in [3.05, 3.63) is 28.0 Å². The van der Waals surface area contributed by atoms with E-state index in [-0.39, 0.29) is 17.4 Å². The highest BCUT2D eigenvalue weighted by atomic mass is 16.3. The number of aromatic nitrogens is 1. The van der Waals surface area contributed by atoms with Crippen molar-refractivity contribution < 1.29 is 9.90 Å². The zero-order valence-electron chi connectivity index (χ0n) is 10.6. The second-order valence-corrected chi connectivity index (χ2v) is 4.54. The Hall–Kier alpha value is -1.86. The molecule has 1 aliphatic rings. The van der Waals surface area contributed by atoms with Gasteiger partial charge in [-0.2, -0.15) is 0 Å². The minimum absolute atomic E-state index is 0.216. The van der Waals surface area contributed by atoms with Gasteiger partial charge in [0.1, 0.15) is 0 Å². The number of nitrogens with zero attached hydrogens (tertiary/aromatic N) is 2. The number of nitrogens with one attached hydrogen (secondary N) is 1. The quantitative estimate of drug-likeness (QED) is 0.637. The molecule has 2 heterocycles. The molecule has 0 bridgehead atoms. The first-order valence-electron chi connectivity index (χ1n) is 6.25. The van der Waals surface area contributed by atoms with Gasteiger partial charge in [0, 0.05) is 51.4 Å². The van der Waals surface area contributed by atoms with E-state index in [1.807, 2.05) is 0 Å². The summed E-state index contributed by atoms with van der Waals surface area (Å²) < 4.78 is 0. The van der Waals surface area contributed by atoms with Crippen LogP contribution < -0.4 is 11.3 Å². The molecule has 1 aromatic rings. The monoisotopic (exact) mass is 266 g/mol. The Bertz CT molecular complexity index is 506. The molecule has 1 fully saturated rings. The first-order chi connectivity index (χ1) is 9.10. The van der Waals surface area contributed by atoms with Crippen molar-refractivity contribution in [3.8, 4) is 5.88 Å². The Morgan fingerprint density at radius 1 is 1.32 bits per heavy atom. The average molecular weight is 266 g/mol. The number of aromatic hydroxyl groups is 1. The zero-order valence-corrected chi connectivity index (χ0v) is 10.6. The molecule has 1 aromatic heterocycles. The molecule has 1 saturated heterocycles. The molecule has 7 heteroatoms. The van der Waals surface area contributed by atoms with Gasteiger partial charge in [-0.25, -0.2) is 0 Å². The molecule has 0 radical (unpaired) electrons. The van der Waals surface area contributed by atoms with Crippen LogP contribution in [0.2, 0.25) is 0 Å². The number of hydrogen-bond donors (Lipinski definition) is 3. The maximum atomic E-state index is 12.2. The lowest BCUT2D eigenvalue weighted by atomic mass is 10.2. The molecular formula is C12H18N4O3. The molecule has 4 N–H and O–H groups in total. The summed E-state index contributed by atoms with van der Waals surface area (Å²) in [6.45, 7) is 4.19. The third-order valence-electron chi connectivity index (χ3n) is 3.18. The van der Waals surface area contributed by atoms with Crippen molar-refractivity contribution in [1.29, 1.82) is 0 Å². The van der Waals surface area contributed by atoms with Crippen molar-refractivity contribution >= 4 is 5.91 Å². The molecule has 104 valence electrons. The summed E-state index contributed by atoms with van der Waals surface area (Å²) in [5.74, 6) is -0.522. The van der Waals surface area contributed by atoms with Crippen LogP contribution in [0.25, 0.3) is 0 Å². The lowest BCUT2D eigenvalue weighted by molar-refractivity contribution is 0.0640. The predicted molar refractivity (Wildman–Crippen MR) is 70.1 cm³/mol. The number of rotatable bonds is 3. The van der Waals surface area contributed by atoms with Crippen LogP contribution >= 0.6 is 0 Å². The fourth-order valence-electron chi connectivity index (χ4n) is 2.19. The van der Waals surface area contributed by atoms with Gasteiger partial charge in [0.15, 0.2) is 5.88 Å². The van der Waals surface area contributed by atoms with Crippen LogP contribution in [0, 0.1) is 0 Å². The van der Waals surface area contributed by atoms with Crippen molar-refractivity contribution in [1.82, 2.24) is 14.8 Å². The fraction of sp³-hybridized carbons (Fsp3) is 0.500. The van der Waals surface area contributed by atoms with E-state index in [0.29, 0.717) is 19.6 Å². The standard InChI is InChI=1S/C12H18N4O3/c13-1-2-15-3-5-16(6-4-15)12(19)9-7-10(17)14-11(18)8-9/h7-8H,1-6,13H2,(H2,14,17,18). The molecule has 1 aliphatic heterocycles. The molecule has 0 atom stereocenters. The first-order valence-corrected chi connectivity index (χ1v) is 6.25. The lowest BCUT2D eigenvalue weighted by Gasteiger charge is -2.34. The Balaban J connectivity index is 2.03. The van der Waals surface area contributed by atoms with Gasteiger partial charge in [0.2, 0.25) is 0 Å². The van der Waals surface area contributed by atoms with E-state index in [1.165, 1.54) is 12.1 Å². The normalized spacial score (nSPS) is 16.6. The van der Waals surface area contributed by atoms with E-state index in [0.717, 1.165) is 19.6 Å². The van der Waals surface area contributed by atoms with Crippen LogP contribution in [0.4, 0.5) is 0 Å². The first kappa shape index (κ1) is 13.6. The van der Waals surface area contributed by atoms with Crippen LogP contribution in [-0.2, 0) is 0 Å². The highest BCUT2D eigenvalue weighted by Gasteiger charge is 2.22. The van der Waals surface area contributed by atoms with E-state index < -0.39 is 5.56 Å². The summed E-state index contributed by atoms with van der Waals surface area (Å²) in [5.41, 5.74) is 5.22. The third-order valence-corrected chi connectivity index (χ3v) is 3.18. The molecule has 0 unspecified atom stereocenters. The highest BCUT2D eigenvalue weighted by molar-refractivity contribution is 5.94. The smallest absolute Gasteiger partial charge is 0.254 e. The van der Waals surface area contributed by atoms with Gasteiger partial charge >= 0.3 is 0 Å². The van der Waals surface area contributed by atoms with Crippen molar-refractivity contribution in [2.75, 3.05) is 39.3 Å². The van der Waals surface area contributed by atoms with Gasteiger partial charge in [-0.3, -0.25) is 19.5 Å². The van der Waals surface area contributed by atoms with E-state index in [4.69, 9.17) is 5.73 Å². The average Bonchev–Trinajstić information content (AvgIpc) is 2.38. The van der Waals surface area contributed by atoms with E-state index in [2.05, 4.69) is 9.88 Å². The molecular weight excluding hydrogens is 248 g/mol. The Labute approximate surface area is 110 Å². The Morgan fingerprint density at radius 2 is 2.00 bits per heavy atom. The summed E-state index contributed by atoms with van der Waals surface area (Å²) in [6.07, 6.45) is 0. The second-order valence-electron chi connectivity index (χ2n) is 4.54. The molecule has 0 saturated carbocycles. The number of carbonyl (C=O) groups excluding carboxylic acids is 1. The number of aromatic amines is 1. The fourth-order valence-corrected chi connectivity index (χ4v) is 2.19. The number of H-pyrrole nitrogens is 1. The van der Waals surface area contributed by atoms with Crippen LogP contribution in [-0.4, -0.2) is 65.1 Å². The number of piperazine rings is 1. The lowest BCUT2D eigenvalue weighted by Crippen LogP contribution is -2.49. The minimum atomic E-state index is -0.481. The summed E-state index contributed by atoms with van der Waals surface area (Å²) in [7, 11) is 0. The number of pyridine rings is 1. The van der Waals surface area contributed by atoms with E-state index in [9.17, 15) is 14.7 Å². The summed E-state index contributed by atoms with van der Waals surface area (Å²) in [6, 6.07) is 2.48. The molecule has 0 aromatic carbocycles. The highest BCUT2D eigenvalue weighted by Crippen LogP contribution is 2.10. The van der Waals surface area contributed by atoms with Crippen LogP contribution in [0.3, 0.4) is 0 Å². The maximum absolute atomic E-state index is 12.2. The topological polar surface area (TPSA) is 103 Å².